The van der Waals surface area contributed by atoms with Crippen molar-refractivity contribution in [2.45, 2.75) is 13.8 Å². The zero-order valence-electron chi connectivity index (χ0n) is 12.3. The van der Waals surface area contributed by atoms with Crippen molar-refractivity contribution >= 4 is 32.6 Å². The van der Waals surface area contributed by atoms with Crippen molar-refractivity contribution in [1.82, 2.24) is 0 Å². The molecule has 4 nitrogen and oxygen atoms in total. The molecule has 132 valence electrons. The zero-order valence-corrected chi connectivity index (χ0v) is 14.5. The van der Waals surface area contributed by atoms with E-state index in [4.69, 9.17) is 0 Å². The van der Waals surface area contributed by atoms with Crippen LogP contribution < -0.4 is 0 Å². The standard InChI is InChI=1S/C14H10F5IO4/c1-5(2)13(21)23-20(24-14(22)6(3)4)12-10(18)8(16)7(15)9(17)11(12)19/h1,3H2,2,4H3. The summed E-state index contributed by atoms with van der Waals surface area (Å²) in [6, 6.07) is 0. The zero-order chi connectivity index (χ0) is 18.8. The van der Waals surface area contributed by atoms with Crippen LogP contribution in [0.4, 0.5) is 22.0 Å². The monoisotopic (exact) mass is 464 g/mol. The van der Waals surface area contributed by atoms with E-state index in [1.165, 1.54) is 13.8 Å². The molecule has 0 radical (unpaired) electrons. The molecule has 1 rings (SSSR count). The number of rotatable bonds is 5. The Morgan fingerprint density at radius 1 is 0.750 bits per heavy atom. The maximum absolute atomic E-state index is 13.8. The first-order chi connectivity index (χ1) is 11.0. The van der Waals surface area contributed by atoms with Crippen LogP contribution in [-0.4, -0.2) is 11.9 Å². The van der Waals surface area contributed by atoms with Crippen LogP contribution in [0.15, 0.2) is 24.3 Å². The predicted molar refractivity (Wildman–Crippen MR) is 80.8 cm³/mol. The number of carbonyl (C=O) groups is 2. The molecule has 0 heterocycles. The topological polar surface area (TPSA) is 52.6 Å². The van der Waals surface area contributed by atoms with Gasteiger partial charge in [-0.15, -0.1) is 0 Å². The van der Waals surface area contributed by atoms with E-state index in [0.717, 1.165) is 0 Å². The molecule has 1 aromatic carbocycles. The summed E-state index contributed by atoms with van der Waals surface area (Å²) in [6.45, 7) is 8.77. The summed E-state index contributed by atoms with van der Waals surface area (Å²) in [7, 11) is 0. The second-order valence-electron chi connectivity index (χ2n) is 4.39. The van der Waals surface area contributed by atoms with Gasteiger partial charge in [-0.2, -0.15) is 0 Å². The van der Waals surface area contributed by atoms with Crippen LogP contribution in [0.2, 0.25) is 0 Å². The minimum atomic E-state index is -4.41. The Hall–Kier alpha value is -1.98. The molecule has 0 unspecified atom stereocenters. The van der Waals surface area contributed by atoms with Gasteiger partial charge in [-0.1, -0.05) is 0 Å². The molecule has 0 aliphatic rings. The van der Waals surface area contributed by atoms with Crippen molar-refractivity contribution in [1.29, 1.82) is 0 Å². The number of hydrogen-bond acceptors (Lipinski definition) is 4. The van der Waals surface area contributed by atoms with Crippen molar-refractivity contribution in [3.05, 3.63) is 57.0 Å². The third-order valence-electron chi connectivity index (χ3n) is 2.29. The molecular formula is C14H10F5IO4. The summed E-state index contributed by atoms with van der Waals surface area (Å²) < 4.78 is 75.2. The Morgan fingerprint density at radius 2 is 1.04 bits per heavy atom. The Morgan fingerprint density at radius 3 is 1.33 bits per heavy atom. The summed E-state index contributed by atoms with van der Waals surface area (Å²) >= 11 is -4.41. The maximum atomic E-state index is 13.8. The summed E-state index contributed by atoms with van der Waals surface area (Å²) in [5.41, 5.74) is -0.458. The van der Waals surface area contributed by atoms with E-state index in [1.54, 1.807) is 0 Å². The van der Waals surface area contributed by atoms with E-state index in [0.29, 0.717) is 0 Å². The Kier molecular flexibility index (Phi) is 6.46. The summed E-state index contributed by atoms with van der Waals surface area (Å²) in [6.07, 6.45) is 0. The first-order valence-electron chi connectivity index (χ1n) is 5.97. The average Bonchev–Trinajstić information content (AvgIpc) is 2.50. The Bertz CT molecular complexity index is 690. The van der Waals surface area contributed by atoms with Crippen molar-refractivity contribution in [3.8, 4) is 0 Å². The molecule has 0 aliphatic carbocycles. The second kappa shape index (κ2) is 7.73. The molecule has 0 amide bonds. The molecule has 1 aromatic rings. The first kappa shape index (κ1) is 20.1. The number of halogens is 6. The second-order valence-corrected chi connectivity index (χ2v) is 7.59. The van der Waals surface area contributed by atoms with E-state index in [9.17, 15) is 31.5 Å². The van der Waals surface area contributed by atoms with Gasteiger partial charge in [0.25, 0.3) is 0 Å². The van der Waals surface area contributed by atoms with Crippen LogP contribution >= 0.6 is 20.6 Å². The van der Waals surface area contributed by atoms with E-state index < -0.39 is 65.2 Å². The Labute approximate surface area is 141 Å². The fraction of sp³-hybridized carbons (Fsp3) is 0.143. The van der Waals surface area contributed by atoms with E-state index in [1.807, 2.05) is 0 Å². The third kappa shape index (κ3) is 4.10. The molecule has 24 heavy (non-hydrogen) atoms. The molecule has 0 aromatic heterocycles. The number of hydrogen-bond donors (Lipinski definition) is 0. The van der Waals surface area contributed by atoms with E-state index in [2.05, 4.69) is 19.3 Å². The van der Waals surface area contributed by atoms with Gasteiger partial charge in [0, 0.05) is 0 Å². The van der Waals surface area contributed by atoms with Crippen LogP contribution in [0.5, 0.6) is 0 Å². The van der Waals surface area contributed by atoms with Crippen LogP contribution in [0.3, 0.4) is 0 Å². The van der Waals surface area contributed by atoms with Crippen LogP contribution in [0.25, 0.3) is 0 Å². The number of carbonyl (C=O) groups excluding carboxylic acids is 2. The van der Waals surface area contributed by atoms with Gasteiger partial charge in [0.15, 0.2) is 0 Å². The van der Waals surface area contributed by atoms with Gasteiger partial charge in [-0.3, -0.25) is 0 Å². The van der Waals surface area contributed by atoms with E-state index >= 15 is 0 Å². The molecule has 0 atom stereocenters. The van der Waals surface area contributed by atoms with Crippen LogP contribution in [-0.2, 0) is 15.7 Å². The normalized spacial score (nSPS) is 10.9. The quantitative estimate of drug-likeness (QED) is 0.216. The van der Waals surface area contributed by atoms with Gasteiger partial charge in [0.2, 0.25) is 0 Å². The fourth-order valence-corrected chi connectivity index (χ4v) is 4.32. The van der Waals surface area contributed by atoms with Gasteiger partial charge in [-0.25, -0.2) is 0 Å². The van der Waals surface area contributed by atoms with Gasteiger partial charge in [0.1, 0.15) is 0 Å². The van der Waals surface area contributed by atoms with E-state index in [-0.39, 0.29) is 11.1 Å². The Balaban J connectivity index is 3.49. The molecule has 0 spiro atoms. The van der Waals surface area contributed by atoms with Crippen molar-refractivity contribution in [2.24, 2.45) is 0 Å². The molecule has 0 saturated carbocycles. The van der Waals surface area contributed by atoms with Gasteiger partial charge < -0.3 is 0 Å². The predicted octanol–water partition coefficient (Wildman–Crippen LogP) is 4.13. The van der Waals surface area contributed by atoms with Crippen molar-refractivity contribution in [2.75, 3.05) is 0 Å². The average molecular weight is 464 g/mol. The van der Waals surface area contributed by atoms with Gasteiger partial charge in [-0.05, 0) is 0 Å². The SMILES string of the molecule is C=C(C)C(=O)OI(OC(=O)C(=C)C)c1c(F)c(F)c(F)c(F)c1F. The molecule has 0 bridgehead atoms. The van der Waals surface area contributed by atoms with Crippen molar-refractivity contribution < 1.29 is 37.7 Å². The minimum absolute atomic E-state index is 0.229. The summed E-state index contributed by atoms with van der Waals surface area (Å²) in [5.74, 6) is -13.8. The first-order valence-corrected chi connectivity index (χ1v) is 8.81. The number of benzene rings is 1. The van der Waals surface area contributed by atoms with Gasteiger partial charge >= 0.3 is 141 Å². The van der Waals surface area contributed by atoms with Crippen LogP contribution in [0.1, 0.15) is 13.8 Å². The summed E-state index contributed by atoms with van der Waals surface area (Å²) in [4.78, 5) is 23.1. The fourth-order valence-electron chi connectivity index (χ4n) is 1.07. The molecule has 10 heteroatoms. The van der Waals surface area contributed by atoms with Crippen LogP contribution in [0, 0.1) is 32.7 Å². The van der Waals surface area contributed by atoms with Crippen molar-refractivity contribution in [3.63, 3.8) is 0 Å². The summed E-state index contributed by atoms with van der Waals surface area (Å²) in [5, 5.41) is 0. The molecule has 0 N–H and O–H groups in total. The molecule has 0 fully saturated rings. The van der Waals surface area contributed by atoms with Gasteiger partial charge in [0.05, 0.1) is 0 Å². The molecule has 0 aliphatic heterocycles. The molecular weight excluding hydrogens is 454 g/mol. The molecule has 0 saturated heterocycles. The third-order valence-corrected chi connectivity index (χ3v) is 5.72.